The molecule has 2 aromatic rings. The number of aromatic amines is 1. The number of nitrogens with one attached hydrogen (secondary N) is 4. The van der Waals surface area contributed by atoms with Crippen molar-refractivity contribution in [2.24, 2.45) is 0 Å². The van der Waals surface area contributed by atoms with E-state index in [9.17, 15) is 9.59 Å². The molecule has 1 aromatic carbocycles. The van der Waals surface area contributed by atoms with Gasteiger partial charge in [0.1, 0.15) is 0 Å². The van der Waals surface area contributed by atoms with Gasteiger partial charge in [-0.15, -0.1) is 0 Å². The van der Waals surface area contributed by atoms with Crippen LogP contribution >= 0.6 is 11.6 Å². The minimum absolute atomic E-state index is 0.140. The second kappa shape index (κ2) is 8.47. The molecule has 0 bridgehead atoms. The lowest BCUT2D eigenvalue weighted by atomic mass is 10.2. The van der Waals surface area contributed by atoms with Crippen LogP contribution in [0.25, 0.3) is 0 Å². The van der Waals surface area contributed by atoms with Crippen LogP contribution in [-0.2, 0) is 4.79 Å². The second-order valence-corrected chi connectivity index (χ2v) is 5.76. The molecule has 8 heteroatoms. The molecule has 0 radical (unpaired) electrons. The van der Waals surface area contributed by atoms with Gasteiger partial charge < -0.3 is 16.0 Å². The van der Waals surface area contributed by atoms with E-state index in [2.05, 4.69) is 25.9 Å². The first kappa shape index (κ1) is 18.0. The van der Waals surface area contributed by atoms with Crippen LogP contribution in [0.5, 0.6) is 0 Å². The normalized spacial score (nSPS) is 10.5. The molecule has 4 N–H and O–H groups in total. The number of benzene rings is 1. The minimum Gasteiger partial charge on any atom is -0.354 e. The van der Waals surface area contributed by atoms with Crippen LogP contribution in [0, 0.1) is 13.8 Å². The van der Waals surface area contributed by atoms with Gasteiger partial charge in [-0.25, -0.2) is 4.98 Å². The number of anilines is 2. The van der Waals surface area contributed by atoms with Crippen molar-refractivity contribution in [2.75, 3.05) is 30.3 Å². The fourth-order valence-corrected chi connectivity index (χ4v) is 2.18. The lowest BCUT2D eigenvalue weighted by Crippen LogP contribution is -2.31. The van der Waals surface area contributed by atoms with Crippen LogP contribution in [-0.4, -0.2) is 35.5 Å². The van der Waals surface area contributed by atoms with Crippen LogP contribution in [0.1, 0.15) is 11.3 Å². The Labute approximate surface area is 144 Å². The second-order valence-electron chi connectivity index (χ2n) is 5.35. The Morgan fingerprint density at radius 1 is 1.25 bits per heavy atom. The zero-order chi connectivity index (χ0) is 17.5. The molecule has 0 aliphatic heterocycles. The number of aryl methyl sites for hydroxylation is 2. The van der Waals surface area contributed by atoms with Crippen molar-refractivity contribution in [2.45, 2.75) is 13.8 Å². The lowest BCUT2D eigenvalue weighted by Gasteiger charge is -2.09. The number of nitrogens with zero attached hydrogens (tertiary/aromatic N) is 1. The molecule has 2 rings (SSSR count). The molecular formula is C16H20ClN5O2. The van der Waals surface area contributed by atoms with Gasteiger partial charge in [-0.1, -0.05) is 11.6 Å². The predicted molar refractivity (Wildman–Crippen MR) is 95.8 cm³/mol. The first-order valence-corrected chi connectivity index (χ1v) is 7.90. The fourth-order valence-electron chi connectivity index (χ4n) is 2.06. The van der Waals surface area contributed by atoms with E-state index in [1.165, 1.54) is 6.07 Å². The van der Waals surface area contributed by atoms with Gasteiger partial charge in [0.2, 0.25) is 11.9 Å². The van der Waals surface area contributed by atoms with E-state index in [0.717, 1.165) is 5.56 Å². The van der Waals surface area contributed by atoms with Crippen LogP contribution in [0.4, 0.5) is 11.6 Å². The van der Waals surface area contributed by atoms with Crippen LogP contribution < -0.4 is 21.5 Å². The number of hydrogen-bond donors (Lipinski definition) is 4. The van der Waals surface area contributed by atoms with E-state index in [1.54, 1.807) is 19.1 Å². The van der Waals surface area contributed by atoms with Crippen molar-refractivity contribution in [1.82, 2.24) is 15.3 Å². The zero-order valence-corrected chi connectivity index (χ0v) is 14.3. The summed E-state index contributed by atoms with van der Waals surface area (Å²) in [6, 6.07) is 6.75. The molecule has 128 valence electrons. The molecule has 0 fully saturated rings. The maximum Gasteiger partial charge on any atom is 0.252 e. The van der Waals surface area contributed by atoms with Crippen molar-refractivity contribution in [3.05, 3.63) is 50.9 Å². The SMILES string of the molecule is Cc1cc(=O)[nH]c(NCCNCC(=O)Nc2ccc(Cl)c(C)c2)n1. The lowest BCUT2D eigenvalue weighted by molar-refractivity contribution is -0.115. The maximum atomic E-state index is 11.8. The van der Waals surface area contributed by atoms with Gasteiger partial charge in [-0.3, -0.25) is 14.6 Å². The largest absolute Gasteiger partial charge is 0.354 e. The van der Waals surface area contributed by atoms with Gasteiger partial charge in [0.05, 0.1) is 6.54 Å². The van der Waals surface area contributed by atoms with Crippen molar-refractivity contribution >= 4 is 29.1 Å². The molecule has 0 aliphatic rings. The highest BCUT2D eigenvalue weighted by molar-refractivity contribution is 6.31. The van der Waals surface area contributed by atoms with Crippen molar-refractivity contribution in [3.8, 4) is 0 Å². The van der Waals surface area contributed by atoms with E-state index in [4.69, 9.17) is 11.6 Å². The Morgan fingerprint density at radius 2 is 2.04 bits per heavy atom. The Kier molecular flexibility index (Phi) is 6.34. The summed E-state index contributed by atoms with van der Waals surface area (Å²) in [5.74, 6) is 0.279. The highest BCUT2D eigenvalue weighted by Crippen LogP contribution is 2.19. The third kappa shape index (κ3) is 5.68. The van der Waals surface area contributed by atoms with E-state index >= 15 is 0 Å². The van der Waals surface area contributed by atoms with Crippen LogP contribution in [0.15, 0.2) is 29.1 Å². The van der Waals surface area contributed by atoms with Crippen LogP contribution in [0.2, 0.25) is 5.02 Å². The number of rotatable bonds is 7. The molecule has 1 aromatic heterocycles. The number of carbonyl (C=O) groups excluding carboxylic acids is 1. The molecule has 0 aliphatic carbocycles. The Hall–Kier alpha value is -2.38. The molecule has 24 heavy (non-hydrogen) atoms. The predicted octanol–water partition coefficient (Wildman–Crippen LogP) is 1.68. The van der Waals surface area contributed by atoms with E-state index in [1.807, 2.05) is 13.0 Å². The summed E-state index contributed by atoms with van der Waals surface area (Å²) in [4.78, 5) is 29.9. The number of hydrogen-bond acceptors (Lipinski definition) is 5. The van der Waals surface area contributed by atoms with E-state index in [-0.39, 0.29) is 18.0 Å². The van der Waals surface area contributed by atoms with Crippen molar-refractivity contribution < 1.29 is 4.79 Å². The highest BCUT2D eigenvalue weighted by Gasteiger charge is 2.03. The number of aromatic nitrogens is 2. The van der Waals surface area contributed by atoms with Gasteiger partial charge >= 0.3 is 0 Å². The smallest absolute Gasteiger partial charge is 0.252 e. The quantitative estimate of drug-likeness (QED) is 0.570. The molecule has 7 nitrogen and oxygen atoms in total. The molecular weight excluding hydrogens is 330 g/mol. The zero-order valence-electron chi connectivity index (χ0n) is 13.6. The van der Waals surface area contributed by atoms with E-state index in [0.29, 0.717) is 35.4 Å². The van der Waals surface area contributed by atoms with Gasteiger partial charge in [-0.05, 0) is 37.6 Å². The molecule has 0 spiro atoms. The van der Waals surface area contributed by atoms with Crippen molar-refractivity contribution in [3.63, 3.8) is 0 Å². The Morgan fingerprint density at radius 3 is 2.75 bits per heavy atom. The Balaban J connectivity index is 1.69. The average Bonchev–Trinajstić information content (AvgIpc) is 2.49. The number of carbonyl (C=O) groups is 1. The third-order valence-corrected chi connectivity index (χ3v) is 3.62. The van der Waals surface area contributed by atoms with Gasteiger partial charge in [0.25, 0.3) is 5.56 Å². The van der Waals surface area contributed by atoms with Gasteiger partial charge in [0.15, 0.2) is 0 Å². The average molecular weight is 350 g/mol. The minimum atomic E-state index is -0.199. The summed E-state index contributed by atoms with van der Waals surface area (Å²) in [6.45, 7) is 4.89. The summed E-state index contributed by atoms with van der Waals surface area (Å²) in [5.41, 5.74) is 2.07. The highest BCUT2D eigenvalue weighted by atomic mass is 35.5. The molecule has 1 heterocycles. The number of H-pyrrole nitrogens is 1. The number of amides is 1. The topological polar surface area (TPSA) is 98.9 Å². The summed E-state index contributed by atoms with van der Waals surface area (Å²) >= 11 is 5.95. The fraction of sp³-hybridized carbons (Fsp3) is 0.312. The number of halogens is 1. The van der Waals surface area contributed by atoms with Gasteiger partial charge in [0, 0.05) is 35.6 Å². The monoisotopic (exact) mass is 349 g/mol. The summed E-state index contributed by atoms with van der Waals surface area (Å²) in [7, 11) is 0. The summed E-state index contributed by atoms with van der Waals surface area (Å²) in [6.07, 6.45) is 0. The molecule has 0 atom stereocenters. The molecule has 0 saturated carbocycles. The van der Waals surface area contributed by atoms with Gasteiger partial charge in [-0.2, -0.15) is 0 Å². The summed E-state index contributed by atoms with van der Waals surface area (Å²) in [5, 5.41) is 9.46. The standard InChI is InChI=1S/C16H20ClN5O2/c1-10-7-12(3-4-13(10)17)21-15(24)9-18-5-6-19-16-20-11(2)8-14(23)22-16/h3-4,7-8,18H,5-6,9H2,1-2H3,(H,21,24)(H2,19,20,22,23). The molecule has 1 amide bonds. The summed E-state index contributed by atoms with van der Waals surface area (Å²) < 4.78 is 0. The Bertz CT molecular complexity index is 775. The first-order valence-electron chi connectivity index (χ1n) is 7.52. The van der Waals surface area contributed by atoms with Crippen molar-refractivity contribution in [1.29, 1.82) is 0 Å². The maximum absolute atomic E-state index is 11.8. The first-order chi connectivity index (χ1) is 11.4. The molecule has 0 unspecified atom stereocenters. The van der Waals surface area contributed by atoms with Crippen LogP contribution in [0.3, 0.4) is 0 Å². The molecule has 0 saturated heterocycles. The van der Waals surface area contributed by atoms with E-state index < -0.39 is 0 Å². The third-order valence-electron chi connectivity index (χ3n) is 3.19.